The predicted molar refractivity (Wildman–Crippen MR) is 96.0 cm³/mol. The average Bonchev–Trinajstić information content (AvgIpc) is 2.92. The zero-order valence-electron chi connectivity index (χ0n) is 14.5. The van der Waals surface area contributed by atoms with Gasteiger partial charge in [0.15, 0.2) is 11.5 Å². The van der Waals surface area contributed by atoms with E-state index in [2.05, 4.69) is 5.32 Å². The Morgan fingerprint density at radius 2 is 1.84 bits per heavy atom. The van der Waals surface area contributed by atoms with E-state index in [1.165, 1.54) is 20.3 Å². The summed E-state index contributed by atoms with van der Waals surface area (Å²) in [7, 11) is 2.89. The van der Waals surface area contributed by atoms with E-state index in [4.69, 9.17) is 9.47 Å². The van der Waals surface area contributed by atoms with Gasteiger partial charge in [-0.25, -0.2) is 0 Å². The smallest absolute Gasteiger partial charge is 0.276 e. The minimum Gasteiger partial charge on any atom is -0.493 e. The number of carbonyl (C=O) groups excluding carboxylic acids is 1. The fourth-order valence-corrected chi connectivity index (χ4v) is 3.46. The summed E-state index contributed by atoms with van der Waals surface area (Å²) in [5.74, 6) is 0.537. The van der Waals surface area contributed by atoms with Crippen LogP contribution in [0.15, 0.2) is 18.2 Å². The van der Waals surface area contributed by atoms with Crippen molar-refractivity contribution in [2.75, 3.05) is 20.8 Å². The molecule has 0 saturated carbocycles. The topological polar surface area (TPSA) is 90.7 Å². The molecule has 0 radical (unpaired) electrons. The normalized spacial score (nSPS) is 10.4. The summed E-state index contributed by atoms with van der Waals surface area (Å²) in [5.41, 5.74) is 1.06. The van der Waals surface area contributed by atoms with Gasteiger partial charge in [0.05, 0.1) is 30.8 Å². The average molecular weight is 364 g/mol. The second kappa shape index (κ2) is 7.98. The molecule has 0 spiro atoms. The lowest BCUT2D eigenvalue weighted by molar-refractivity contribution is -0.385. The number of rotatable bonds is 7. The minimum absolute atomic E-state index is 0.0607. The maximum Gasteiger partial charge on any atom is 0.276 e. The number of nitro groups is 1. The van der Waals surface area contributed by atoms with Gasteiger partial charge in [-0.2, -0.15) is 0 Å². The largest absolute Gasteiger partial charge is 0.493 e. The van der Waals surface area contributed by atoms with Gasteiger partial charge in [-0.05, 0) is 32.4 Å². The Morgan fingerprint density at radius 1 is 1.20 bits per heavy atom. The predicted octanol–water partition coefficient (Wildman–Crippen LogP) is 3.26. The van der Waals surface area contributed by atoms with Crippen molar-refractivity contribution in [1.29, 1.82) is 0 Å². The molecule has 0 aliphatic rings. The Morgan fingerprint density at radius 3 is 2.36 bits per heavy atom. The molecule has 0 bridgehead atoms. The Hall–Kier alpha value is -2.61. The fourth-order valence-electron chi connectivity index (χ4n) is 2.54. The van der Waals surface area contributed by atoms with Gasteiger partial charge in [-0.15, -0.1) is 11.3 Å². The maximum absolute atomic E-state index is 12.2. The van der Waals surface area contributed by atoms with E-state index in [1.54, 1.807) is 17.4 Å². The maximum atomic E-state index is 12.2. The van der Waals surface area contributed by atoms with E-state index in [1.807, 2.05) is 19.9 Å². The highest BCUT2D eigenvalue weighted by Crippen LogP contribution is 2.34. The van der Waals surface area contributed by atoms with Gasteiger partial charge in [-0.3, -0.25) is 14.9 Å². The van der Waals surface area contributed by atoms with Gasteiger partial charge in [0.2, 0.25) is 0 Å². The van der Waals surface area contributed by atoms with Crippen molar-refractivity contribution in [3.05, 3.63) is 49.2 Å². The number of nitro benzene ring substituents is 1. The molecule has 2 rings (SSSR count). The minimum atomic E-state index is -0.467. The Kier molecular flexibility index (Phi) is 5.97. The van der Waals surface area contributed by atoms with Gasteiger partial charge in [0, 0.05) is 21.9 Å². The molecule has 0 atom stereocenters. The molecule has 1 amide bonds. The molecular weight excluding hydrogens is 344 g/mol. The van der Waals surface area contributed by atoms with Crippen LogP contribution >= 0.6 is 11.3 Å². The molecule has 25 heavy (non-hydrogen) atoms. The Bertz CT molecular complexity index is 801. The first-order valence-electron chi connectivity index (χ1n) is 7.62. The monoisotopic (exact) mass is 364 g/mol. The number of carbonyl (C=O) groups is 1. The Balaban J connectivity index is 2.13. The molecule has 1 aromatic carbocycles. The molecule has 0 fully saturated rings. The lowest BCUT2D eigenvalue weighted by Gasteiger charge is -2.11. The second-order valence-electron chi connectivity index (χ2n) is 5.43. The van der Waals surface area contributed by atoms with Gasteiger partial charge >= 0.3 is 0 Å². The van der Waals surface area contributed by atoms with E-state index in [0.717, 1.165) is 9.75 Å². The van der Waals surface area contributed by atoms with Crippen molar-refractivity contribution in [1.82, 2.24) is 5.32 Å². The van der Waals surface area contributed by atoms with Crippen LogP contribution in [0, 0.1) is 24.0 Å². The molecule has 1 aromatic heterocycles. The first-order chi connectivity index (χ1) is 11.9. The number of hydrogen-bond donors (Lipinski definition) is 1. The summed E-state index contributed by atoms with van der Waals surface area (Å²) in [5, 5.41) is 14.1. The third-order valence-electron chi connectivity index (χ3n) is 3.75. The quantitative estimate of drug-likeness (QED) is 0.601. The molecule has 0 saturated heterocycles. The number of hydrogen-bond acceptors (Lipinski definition) is 6. The van der Waals surface area contributed by atoms with Crippen LogP contribution in [0.4, 0.5) is 5.69 Å². The molecule has 134 valence electrons. The van der Waals surface area contributed by atoms with Gasteiger partial charge in [-0.1, -0.05) is 0 Å². The van der Waals surface area contributed by atoms with Gasteiger partial charge < -0.3 is 14.8 Å². The van der Waals surface area contributed by atoms with Crippen LogP contribution in [0.5, 0.6) is 11.5 Å². The molecule has 1 N–H and O–H groups in total. The highest BCUT2D eigenvalue weighted by molar-refractivity contribution is 7.12. The molecule has 0 unspecified atom stereocenters. The van der Waals surface area contributed by atoms with Crippen LogP contribution in [0.2, 0.25) is 0 Å². The van der Waals surface area contributed by atoms with E-state index >= 15 is 0 Å². The number of ether oxygens (including phenoxy) is 2. The summed E-state index contributed by atoms with van der Waals surface area (Å²) in [4.78, 5) is 25.1. The summed E-state index contributed by atoms with van der Waals surface area (Å²) >= 11 is 1.56. The van der Waals surface area contributed by atoms with E-state index < -0.39 is 4.92 Å². The van der Waals surface area contributed by atoms with Gasteiger partial charge in [0.1, 0.15) is 0 Å². The molecular formula is C17H20N2O5S. The molecule has 1 heterocycles. The zero-order valence-corrected chi connectivity index (χ0v) is 15.4. The van der Waals surface area contributed by atoms with Crippen LogP contribution in [0.25, 0.3) is 0 Å². The fraction of sp³-hybridized carbons (Fsp3) is 0.353. The lowest BCUT2D eigenvalue weighted by atomic mass is 10.1. The number of aryl methyl sites for hydroxylation is 2. The van der Waals surface area contributed by atoms with Crippen LogP contribution < -0.4 is 14.8 Å². The third kappa shape index (κ3) is 4.27. The van der Waals surface area contributed by atoms with Crippen molar-refractivity contribution in [2.24, 2.45) is 0 Å². The Labute approximate surface area is 149 Å². The lowest BCUT2D eigenvalue weighted by Crippen LogP contribution is -2.26. The standard InChI is InChI=1S/C17H20N2O5S/c1-10-7-13(11(2)25-10)17(20)18-6-5-12-8-15(23-3)16(24-4)9-14(12)19(21)22/h7-9H,5-6H2,1-4H3,(H,18,20). The number of benzene rings is 1. The van der Waals surface area contributed by atoms with Crippen molar-refractivity contribution in [3.63, 3.8) is 0 Å². The summed E-state index contributed by atoms with van der Waals surface area (Å²) in [6.45, 7) is 4.12. The van der Waals surface area contributed by atoms with Crippen LogP contribution in [-0.2, 0) is 6.42 Å². The first kappa shape index (κ1) is 18.7. The van der Waals surface area contributed by atoms with Crippen LogP contribution in [0.3, 0.4) is 0 Å². The molecule has 0 aliphatic carbocycles. The summed E-state index contributed by atoms with van der Waals surface area (Å²) in [6.07, 6.45) is 0.310. The van der Waals surface area contributed by atoms with E-state index in [9.17, 15) is 14.9 Å². The molecule has 8 heteroatoms. The summed E-state index contributed by atoms with van der Waals surface area (Å²) < 4.78 is 10.3. The second-order valence-corrected chi connectivity index (χ2v) is 6.89. The molecule has 7 nitrogen and oxygen atoms in total. The van der Waals surface area contributed by atoms with E-state index in [-0.39, 0.29) is 18.1 Å². The van der Waals surface area contributed by atoms with Crippen molar-refractivity contribution < 1.29 is 19.2 Å². The van der Waals surface area contributed by atoms with Gasteiger partial charge in [0.25, 0.3) is 11.6 Å². The number of nitrogens with zero attached hydrogens (tertiary/aromatic N) is 1. The number of nitrogens with one attached hydrogen (secondary N) is 1. The van der Waals surface area contributed by atoms with E-state index in [0.29, 0.717) is 29.0 Å². The highest BCUT2D eigenvalue weighted by Gasteiger charge is 2.19. The SMILES string of the molecule is COc1cc(CCNC(=O)c2cc(C)sc2C)c([N+](=O)[O-])cc1OC. The number of thiophene rings is 1. The van der Waals surface area contributed by atoms with Crippen LogP contribution in [-0.4, -0.2) is 31.6 Å². The number of methoxy groups -OCH3 is 2. The zero-order chi connectivity index (χ0) is 18.6. The van der Waals surface area contributed by atoms with Crippen LogP contribution in [0.1, 0.15) is 25.7 Å². The van der Waals surface area contributed by atoms with Crippen molar-refractivity contribution in [2.45, 2.75) is 20.3 Å². The van der Waals surface area contributed by atoms with Crippen molar-refractivity contribution in [3.8, 4) is 11.5 Å². The van der Waals surface area contributed by atoms with Crippen molar-refractivity contribution >= 4 is 22.9 Å². The molecule has 2 aromatic rings. The summed E-state index contributed by atoms with van der Waals surface area (Å²) in [6, 6.07) is 4.75. The third-order valence-corrected chi connectivity index (χ3v) is 4.71. The number of amides is 1. The molecule has 0 aliphatic heterocycles. The highest BCUT2D eigenvalue weighted by atomic mass is 32.1. The first-order valence-corrected chi connectivity index (χ1v) is 8.43.